The first-order valence-corrected chi connectivity index (χ1v) is 5.51. The predicted octanol–water partition coefficient (Wildman–Crippen LogP) is 0.0500. The highest BCUT2D eigenvalue weighted by Gasteiger charge is 2.02. The molecule has 1 N–H and O–H groups in total. The molecule has 0 radical (unpaired) electrons. The summed E-state index contributed by atoms with van der Waals surface area (Å²) in [5.74, 6) is -0.0520. The molecule has 94 valence electrons. The van der Waals surface area contributed by atoms with Gasteiger partial charge in [0, 0.05) is 25.9 Å². The summed E-state index contributed by atoms with van der Waals surface area (Å²) in [5, 5.41) is 2.70. The first kappa shape index (κ1) is 15.1. The van der Waals surface area contributed by atoms with E-state index in [0.717, 1.165) is 6.54 Å². The van der Waals surface area contributed by atoms with E-state index in [0.29, 0.717) is 26.2 Å². The number of likely N-dealkylation sites (N-methyl/N-ethyl adjacent to an activating group) is 1. The zero-order chi connectivity index (χ0) is 12.4. The maximum Gasteiger partial charge on any atom is 0.220 e. The van der Waals surface area contributed by atoms with Crippen LogP contribution in [0, 0.1) is 0 Å². The van der Waals surface area contributed by atoms with Crippen LogP contribution in [0.4, 0.5) is 0 Å². The van der Waals surface area contributed by atoms with Crippen LogP contribution in [-0.4, -0.2) is 57.0 Å². The van der Waals surface area contributed by atoms with Gasteiger partial charge in [0.15, 0.2) is 0 Å². The fraction of sp³-hybridized carbons (Fsp3) is 0.818. The summed E-state index contributed by atoms with van der Waals surface area (Å²) in [6.45, 7) is 4.04. The largest absolute Gasteiger partial charge is 0.378 e. The van der Waals surface area contributed by atoms with Crippen molar-refractivity contribution >= 4 is 11.7 Å². The van der Waals surface area contributed by atoms with Crippen LogP contribution >= 0.6 is 0 Å². The number of Topliss-reactive ketones (excluding diaryl/α,β-unsaturated/α-hetero) is 1. The van der Waals surface area contributed by atoms with Crippen molar-refractivity contribution in [2.24, 2.45) is 0 Å². The zero-order valence-corrected chi connectivity index (χ0v) is 10.4. The van der Waals surface area contributed by atoms with E-state index in [2.05, 4.69) is 5.32 Å². The Labute approximate surface area is 97.1 Å². The average Bonchev–Trinajstić information content (AvgIpc) is 2.19. The minimum atomic E-state index is -0.0913. The van der Waals surface area contributed by atoms with Crippen molar-refractivity contribution in [1.29, 1.82) is 0 Å². The van der Waals surface area contributed by atoms with Crippen LogP contribution in [0.25, 0.3) is 0 Å². The van der Waals surface area contributed by atoms with E-state index in [1.165, 1.54) is 6.92 Å². The summed E-state index contributed by atoms with van der Waals surface area (Å²) in [6, 6.07) is 0. The standard InChI is InChI=1S/C11H22N2O3/c1-10(14)4-5-11(15)12-6-8-16-9-7-13(2)3/h4-9H2,1-3H3,(H,12,15). The number of amides is 1. The molecule has 0 rings (SSSR count). The molecule has 5 heteroatoms. The molecule has 0 saturated heterocycles. The summed E-state index contributed by atoms with van der Waals surface area (Å²) in [6.07, 6.45) is 0.584. The molecule has 0 fully saturated rings. The topological polar surface area (TPSA) is 58.6 Å². The molecular weight excluding hydrogens is 208 g/mol. The van der Waals surface area contributed by atoms with Crippen LogP contribution in [0.15, 0.2) is 0 Å². The molecule has 5 nitrogen and oxygen atoms in total. The van der Waals surface area contributed by atoms with Crippen molar-refractivity contribution in [2.45, 2.75) is 19.8 Å². The van der Waals surface area contributed by atoms with Gasteiger partial charge in [0.2, 0.25) is 5.91 Å². The van der Waals surface area contributed by atoms with Gasteiger partial charge in [-0.1, -0.05) is 0 Å². The Kier molecular flexibility index (Phi) is 8.75. The van der Waals surface area contributed by atoms with Crippen LogP contribution in [0.1, 0.15) is 19.8 Å². The van der Waals surface area contributed by atoms with Crippen molar-refractivity contribution in [3.63, 3.8) is 0 Å². The highest BCUT2D eigenvalue weighted by molar-refractivity contribution is 5.83. The van der Waals surface area contributed by atoms with Crippen LogP contribution < -0.4 is 5.32 Å². The number of carbonyl (C=O) groups is 2. The summed E-state index contributed by atoms with van der Waals surface area (Å²) >= 11 is 0. The van der Waals surface area contributed by atoms with Gasteiger partial charge in [-0.15, -0.1) is 0 Å². The molecule has 0 spiro atoms. The number of nitrogens with zero attached hydrogens (tertiary/aromatic N) is 1. The maximum atomic E-state index is 11.2. The Hall–Kier alpha value is -0.940. The van der Waals surface area contributed by atoms with E-state index in [1.807, 2.05) is 19.0 Å². The quantitative estimate of drug-likeness (QED) is 0.569. The molecule has 0 aliphatic rings. The smallest absolute Gasteiger partial charge is 0.220 e. The normalized spacial score (nSPS) is 10.5. The van der Waals surface area contributed by atoms with E-state index in [1.54, 1.807) is 0 Å². The van der Waals surface area contributed by atoms with Gasteiger partial charge >= 0.3 is 0 Å². The molecule has 0 saturated carbocycles. The first-order valence-electron chi connectivity index (χ1n) is 5.51. The van der Waals surface area contributed by atoms with E-state index < -0.39 is 0 Å². The number of rotatable bonds is 9. The molecule has 16 heavy (non-hydrogen) atoms. The summed E-state index contributed by atoms with van der Waals surface area (Å²) in [7, 11) is 3.96. The van der Waals surface area contributed by atoms with Crippen LogP contribution in [0.3, 0.4) is 0 Å². The number of nitrogens with one attached hydrogen (secondary N) is 1. The molecule has 0 aromatic heterocycles. The van der Waals surface area contributed by atoms with Gasteiger partial charge in [0.05, 0.1) is 13.2 Å². The summed E-state index contributed by atoms with van der Waals surface area (Å²) in [5.41, 5.74) is 0. The zero-order valence-electron chi connectivity index (χ0n) is 10.4. The summed E-state index contributed by atoms with van der Waals surface area (Å²) in [4.78, 5) is 23.8. The Morgan fingerprint density at radius 1 is 1.19 bits per heavy atom. The van der Waals surface area contributed by atoms with Crippen molar-refractivity contribution in [2.75, 3.05) is 40.4 Å². The number of hydrogen-bond donors (Lipinski definition) is 1. The van der Waals surface area contributed by atoms with Crippen LogP contribution in [-0.2, 0) is 14.3 Å². The van der Waals surface area contributed by atoms with Crippen molar-refractivity contribution < 1.29 is 14.3 Å². The number of carbonyl (C=O) groups excluding carboxylic acids is 2. The van der Waals surface area contributed by atoms with Crippen molar-refractivity contribution in [1.82, 2.24) is 10.2 Å². The molecule has 0 aromatic rings. The molecule has 1 amide bonds. The maximum absolute atomic E-state index is 11.2. The lowest BCUT2D eigenvalue weighted by atomic mass is 10.2. The van der Waals surface area contributed by atoms with Gasteiger partial charge in [-0.3, -0.25) is 4.79 Å². The Balaban J connectivity index is 3.24. The molecule has 0 unspecified atom stereocenters. The highest BCUT2D eigenvalue weighted by atomic mass is 16.5. The van der Waals surface area contributed by atoms with Crippen molar-refractivity contribution in [3.8, 4) is 0 Å². The van der Waals surface area contributed by atoms with Gasteiger partial charge in [0.25, 0.3) is 0 Å². The third kappa shape index (κ3) is 11.1. The molecule has 0 bridgehead atoms. The number of hydrogen-bond acceptors (Lipinski definition) is 4. The van der Waals surface area contributed by atoms with Crippen molar-refractivity contribution in [3.05, 3.63) is 0 Å². The van der Waals surface area contributed by atoms with E-state index in [4.69, 9.17) is 4.74 Å². The molecule has 0 heterocycles. The Bertz CT molecular complexity index is 217. The lowest BCUT2D eigenvalue weighted by molar-refractivity contribution is -0.124. The van der Waals surface area contributed by atoms with Crippen LogP contribution in [0.2, 0.25) is 0 Å². The van der Waals surface area contributed by atoms with Gasteiger partial charge in [0.1, 0.15) is 5.78 Å². The monoisotopic (exact) mass is 230 g/mol. The number of ether oxygens (including phenoxy) is 1. The Morgan fingerprint density at radius 3 is 2.44 bits per heavy atom. The minimum Gasteiger partial charge on any atom is -0.378 e. The Morgan fingerprint density at radius 2 is 1.88 bits per heavy atom. The van der Waals surface area contributed by atoms with E-state index in [9.17, 15) is 9.59 Å². The van der Waals surface area contributed by atoms with Gasteiger partial charge in [-0.05, 0) is 21.0 Å². The second kappa shape index (κ2) is 9.30. The molecule has 0 aromatic carbocycles. The molecule has 0 aliphatic carbocycles. The molecule has 0 atom stereocenters. The fourth-order valence-corrected chi connectivity index (χ4v) is 0.990. The second-order valence-corrected chi connectivity index (χ2v) is 3.97. The minimum absolute atomic E-state index is 0.0392. The number of ketones is 1. The third-order valence-electron chi connectivity index (χ3n) is 1.96. The average molecular weight is 230 g/mol. The fourth-order valence-electron chi connectivity index (χ4n) is 0.990. The predicted molar refractivity (Wildman–Crippen MR) is 62.3 cm³/mol. The first-order chi connectivity index (χ1) is 7.52. The highest BCUT2D eigenvalue weighted by Crippen LogP contribution is 1.89. The van der Waals surface area contributed by atoms with Crippen LogP contribution in [0.5, 0.6) is 0 Å². The van der Waals surface area contributed by atoms with E-state index in [-0.39, 0.29) is 18.1 Å². The molecular formula is C11H22N2O3. The lowest BCUT2D eigenvalue weighted by Crippen LogP contribution is -2.28. The van der Waals surface area contributed by atoms with Gasteiger partial charge in [-0.2, -0.15) is 0 Å². The SMILES string of the molecule is CC(=O)CCC(=O)NCCOCCN(C)C. The second-order valence-electron chi connectivity index (χ2n) is 3.97. The summed E-state index contributed by atoms with van der Waals surface area (Å²) < 4.78 is 5.30. The third-order valence-corrected chi connectivity index (χ3v) is 1.96. The lowest BCUT2D eigenvalue weighted by Gasteiger charge is -2.10. The molecule has 0 aliphatic heterocycles. The van der Waals surface area contributed by atoms with Gasteiger partial charge < -0.3 is 19.7 Å². The van der Waals surface area contributed by atoms with Gasteiger partial charge in [-0.25, -0.2) is 0 Å². The van der Waals surface area contributed by atoms with E-state index >= 15 is 0 Å².